The van der Waals surface area contributed by atoms with E-state index in [4.69, 9.17) is 16.3 Å². The average Bonchev–Trinajstić information content (AvgIpc) is 2.73. The molecule has 0 aromatic heterocycles. The SMILES string of the molecule is Cc1ccc(NC(=O)/C(C#N)=C/c2cc(Br)c(OCc3cccc(Cl)c3)c(Br)c2)c(C)c1. The molecule has 3 rings (SSSR count). The van der Waals surface area contributed by atoms with Crippen molar-refractivity contribution in [2.24, 2.45) is 0 Å². The molecule has 7 heteroatoms. The minimum atomic E-state index is -0.465. The van der Waals surface area contributed by atoms with Crippen LogP contribution >= 0.6 is 43.5 Å². The van der Waals surface area contributed by atoms with Crippen molar-refractivity contribution < 1.29 is 9.53 Å². The van der Waals surface area contributed by atoms with E-state index in [1.165, 1.54) is 6.08 Å². The fraction of sp³-hybridized carbons (Fsp3) is 0.120. The van der Waals surface area contributed by atoms with Crippen molar-refractivity contribution in [3.63, 3.8) is 0 Å². The quantitative estimate of drug-likeness (QED) is 0.244. The molecule has 1 N–H and O–H groups in total. The topological polar surface area (TPSA) is 62.1 Å². The zero-order valence-electron chi connectivity index (χ0n) is 17.4. The second-order valence-corrected chi connectivity index (χ2v) is 9.32. The van der Waals surface area contributed by atoms with E-state index in [1.54, 1.807) is 18.2 Å². The summed E-state index contributed by atoms with van der Waals surface area (Å²) in [7, 11) is 0. The normalized spacial score (nSPS) is 11.1. The first-order valence-corrected chi connectivity index (χ1v) is 11.6. The number of anilines is 1. The third-order valence-electron chi connectivity index (χ3n) is 4.60. The standard InChI is InChI=1S/C25H19Br2ClN2O2/c1-15-6-7-23(16(2)8-15)30-25(31)19(13-29)9-18-11-21(26)24(22(27)12-18)32-14-17-4-3-5-20(28)10-17/h3-12H,14H2,1-2H3,(H,30,31)/b19-9+. The van der Waals surface area contributed by atoms with E-state index < -0.39 is 5.91 Å². The van der Waals surface area contributed by atoms with Gasteiger partial charge in [0.25, 0.3) is 5.91 Å². The van der Waals surface area contributed by atoms with E-state index in [0.717, 1.165) is 16.7 Å². The number of hydrogen-bond acceptors (Lipinski definition) is 3. The summed E-state index contributed by atoms with van der Waals surface area (Å²) in [6.45, 7) is 4.24. The van der Waals surface area contributed by atoms with Crippen molar-refractivity contribution in [3.8, 4) is 11.8 Å². The van der Waals surface area contributed by atoms with Gasteiger partial charge in [0.1, 0.15) is 24.0 Å². The summed E-state index contributed by atoms with van der Waals surface area (Å²) >= 11 is 13.0. The van der Waals surface area contributed by atoms with Gasteiger partial charge in [0, 0.05) is 10.7 Å². The first kappa shape index (κ1) is 24.1. The van der Waals surface area contributed by atoms with Crippen LogP contribution in [0.4, 0.5) is 5.69 Å². The highest BCUT2D eigenvalue weighted by Crippen LogP contribution is 2.36. The number of rotatable bonds is 6. The fourth-order valence-electron chi connectivity index (χ4n) is 3.04. The Kier molecular flexibility index (Phi) is 8.14. The van der Waals surface area contributed by atoms with E-state index >= 15 is 0 Å². The number of amides is 1. The molecule has 0 saturated carbocycles. The van der Waals surface area contributed by atoms with Crippen molar-refractivity contribution in [1.82, 2.24) is 0 Å². The highest BCUT2D eigenvalue weighted by Gasteiger charge is 2.14. The van der Waals surface area contributed by atoms with Crippen LogP contribution in [0.2, 0.25) is 5.02 Å². The number of halogens is 3. The molecule has 0 aliphatic carbocycles. The third-order valence-corrected chi connectivity index (χ3v) is 6.01. The largest absolute Gasteiger partial charge is 0.487 e. The van der Waals surface area contributed by atoms with Crippen molar-refractivity contribution >= 4 is 61.1 Å². The van der Waals surface area contributed by atoms with Crippen LogP contribution in [0.5, 0.6) is 5.75 Å². The second kappa shape index (κ2) is 10.8. The average molecular weight is 575 g/mol. The number of nitrogens with zero attached hydrogens (tertiary/aromatic N) is 1. The van der Waals surface area contributed by atoms with Gasteiger partial charge in [-0.05, 0) is 98.8 Å². The van der Waals surface area contributed by atoms with Crippen molar-refractivity contribution in [2.45, 2.75) is 20.5 Å². The number of aryl methyl sites for hydroxylation is 2. The summed E-state index contributed by atoms with van der Waals surface area (Å²) in [6, 6.07) is 18.7. The zero-order chi connectivity index (χ0) is 23.3. The van der Waals surface area contributed by atoms with Gasteiger partial charge in [-0.25, -0.2) is 0 Å². The Bertz CT molecular complexity index is 1230. The second-order valence-electron chi connectivity index (χ2n) is 7.17. The summed E-state index contributed by atoms with van der Waals surface area (Å²) in [5, 5.41) is 13.0. The Morgan fingerprint density at radius 2 is 1.84 bits per heavy atom. The van der Waals surface area contributed by atoms with Gasteiger partial charge >= 0.3 is 0 Å². The van der Waals surface area contributed by atoms with Crippen LogP contribution in [0, 0.1) is 25.2 Å². The lowest BCUT2D eigenvalue weighted by molar-refractivity contribution is -0.112. The predicted octanol–water partition coefficient (Wildman–Crippen LogP) is 7.61. The van der Waals surface area contributed by atoms with Crippen molar-refractivity contribution in [1.29, 1.82) is 5.26 Å². The number of ether oxygens (including phenoxy) is 1. The number of carbonyl (C=O) groups excluding carboxylic acids is 1. The van der Waals surface area contributed by atoms with E-state index in [2.05, 4.69) is 37.2 Å². The maximum absolute atomic E-state index is 12.6. The van der Waals surface area contributed by atoms with E-state index in [0.29, 0.717) is 37.6 Å². The lowest BCUT2D eigenvalue weighted by Gasteiger charge is -2.12. The van der Waals surface area contributed by atoms with E-state index in [1.807, 2.05) is 56.3 Å². The molecular weight excluding hydrogens is 556 g/mol. The minimum absolute atomic E-state index is 0.00336. The van der Waals surface area contributed by atoms with Gasteiger partial charge in [-0.15, -0.1) is 0 Å². The predicted molar refractivity (Wildman–Crippen MR) is 136 cm³/mol. The highest BCUT2D eigenvalue weighted by molar-refractivity contribution is 9.11. The lowest BCUT2D eigenvalue weighted by atomic mass is 10.1. The molecule has 0 aliphatic heterocycles. The van der Waals surface area contributed by atoms with Crippen molar-refractivity contribution in [3.05, 3.63) is 96.4 Å². The minimum Gasteiger partial charge on any atom is -0.487 e. The first-order chi connectivity index (χ1) is 15.3. The zero-order valence-corrected chi connectivity index (χ0v) is 21.3. The molecule has 32 heavy (non-hydrogen) atoms. The van der Waals surface area contributed by atoms with Gasteiger partial charge in [-0.2, -0.15) is 5.26 Å². The number of hydrogen-bond donors (Lipinski definition) is 1. The van der Waals surface area contributed by atoms with Crippen LogP contribution in [-0.4, -0.2) is 5.91 Å². The summed E-state index contributed by atoms with van der Waals surface area (Å²) in [4.78, 5) is 12.6. The Hall–Kier alpha value is -2.59. The summed E-state index contributed by atoms with van der Waals surface area (Å²) in [6.07, 6.45) is 1.54. The van der Waals surface area contributed by atoms with E-state index in [9.17, 15) is 10.1 Å². The molecule has 1 amide bonds. The summed E-state index contributed by atoms with van der Waals surface area (Å²) in [5.74, 6) is 0.147. The molecule has 0 aliphatic rings. The van der Waals surface area contributed by atoms with E-state index in [-0.39, 0.29) is 5.57 Å². The third kappa shape index (κ3) is 6.23. The first-order valence-electron chi connectivity index (χ1n) is 9.63. The molecule has 0 spiro atoms. The summed E-state index contributed by atoms with van der Waals surface area (Å²) < 4.78 is 7.30. The van der Waals surface area contributed by atoms with Gasteiger partial charge in [0.15, 0.2) is 0 Å². The van der Waals surface area contributed by atoms with Gasteiger partial charge < -0.3 is 10.1 Å². The molecule has 0 bridgehead atoms. The summed E-state index contributed by atoms with van der Waals surface area (Å²) in [5.41, 5.74) is 4.32. The molecule has 0 radical (unpaired) electrons. The van der Waals surface area contributed by atoms with Crippen LogP contribution in [0.3, 0.4) is 0 Å². The molecule has 0 unspecified atom stereocenters. The molecule has 0 atom stereocenters. The number of nitriles is 1. The Morgan fingerprint density at radius 3 is 2.47 bits per heavy atom. The van der Waals surface area contributed by atoms with Crippen LogP contribution in [0.15, 0.2) is 69.1 Å². The maximum atomic E-state index is 12.6. The molecule has 4 nitrogen and oxygen atoms in total. The molecule has 162 valence electrons. The molecule has 0 heterocycles. The van der Waals surface area contributed by atoms with Gasteiger partial charge in [0.2, 0.25) is 0 Å². The molecule has 0 saturated heterocycles. The van der Waals surface area contributed by atoms with Gasteiger partial charge in [-0.3, -0.25) is 4.79 Å². The van der Waals surface area contributed by atoms with Gasteiger partial charge in [0.05, 0.1) is 8.95 Å². The Morgan fingerprint density at radius 1 is 1.12 bits per heavy atom. The van der Waals surface area contributed by atoms with Crippen LogP contribution in [0.1, 0.15) is 22.3 Å². The molecular formula is C25H19Br2ClN2O2. The molecule has 3 aromatic rings. The number of carbonyl (C=O) groups is 1. The lowest BCUT2D eigenvalue weighted by Crippen LogP contribution is -2.14. The molecule has 0 fully saturated rings. The number of benzene rings is 3. The highest BCUT2D eigenvalue weighted by atomic mass is 79.9. The van der Waals surface area contributed by atoms with Crippen LogP contribution in [0.25, 0.3) is 6.08 Å². The smallest absolute Gasteiger partial charge is 0.266 e. The van der Waals surface area contributed by atoms with Crippen molar-refractivity contribution in [2.75, 3.05) is 5.32 Å². The Labute approximate surface area is 209 Å². The fourth-order valence-corrected chi connectivity index (χ4v) is 4.71. The van der Waals surface area contributed by atoms with Crippen LogP contribution in [-0.2, 0) is 11.4 Å². The van der Waals surface area contributed by atoms with Crippen LogP contribution < -0.4 is 10.1 Å². The number of nitrogens with one attached hydrogen (secondary N) is 1. The Balaban J connectivity index is 1.78. The molecule has 3 aromatic carbocycles. The van der Waals surface area contributed by atoms with Gasteiger partial charge in [-0.1, -0.05) is 41.4 Å². The maximum Gasteiger partial charge on any atom is 0.266 e. The monoisotopic (exact) mass is 572 g/mol.